The van der Waals surface area contributed by atoms with Gasteiger partial charge in [0.15, 0.2) is 18.2 Å². The Balaban J connectivity index is 1.46. The van der Waals surface area contributed by atoms with E-state index in [1.54, 1.807) is 18.2 Å². The summed E-state index contributed by atoms with van der Waals surface area (Å²) in [7, 11) is 0. The van der Waals surface area contributed by atoms with E-state index < -0.39 is 11.9 Å². The molecule has 2 saturated carbocycles. The standard InChI is InChI=1S/C25H26O4/c1-15-8-9-18(12-16(15)2)21(26)14-29-25(28)23-20-11-10-19(13-20)22(23)24(27)17-6-4-3-5-7-17/h3-9,12,19-20,22-23H,10-11,13-14H2,1-2H3. The maximum atomic E-state index is 13.1. The number of carbonyl (C=O) groups excluding carboxylic acids is 3. The minimum atomic E-state index is -0.436. The van der Waals surface area contributed by atoms with Crippen LogP contribution in [0.3, 0.4) is 0 Å². The van der Waals surface area contributed by atoms with Crippen molar-refractivity contribution in [3.05, 3.63) is 70.8 Å². The average Bonchev–Trinajstić information content (AvgIpc) is 3.35. The third-order valence-corrected chi connectivity index (χ3v) is 6.72. The zero-order valence-corrected chi connectivity index (χ0v) is 16.9. The van der Waals surface area contributed by atoms with Crippen molar-refractivity contribution in [3.8, 4) is 0 Å². The molecule has 2 bridgehead atoms. The second-order valence-electron chi connectivity index (χ2n) is 8.44. The highest BCUT2D eigenvalue weighted by atomic mass is 16.5. The van der Waals surface area contributed by atoms with Crippen LogP contribution in [0.25, 0.3) is 0 Å². The number of benzene rings is 2. The lowest BCUT2D eigenvalue weighted by molar-refractivity contribution is -0.150. The molecule has 2 aromatic rings. The van der Waals surface area contributed by atoms with Crippen LogP contribution >= 0.6 is 0 Å². The maximum absolute atomic E-state index is 13.1. The molecule has 0 heterocycles. The van der Waals surface area contributed by atoms with Crippen LogP contribution < -0.4 is 0 Å². The summed E-state index contributed by atoms with van der Waals surface area (Å²) in [5, 5.41) is 0. The number of ketones is 2. The number of hydrogen-bond acceptors (Lipinski definition) is 4. The molecule has 0 radical (unpaired) electrons. The van der Waals surface area contributed by atoms with E-state index in [2.05, 4.69) is 0 Å². The number of ether oxygens (including phenoxy) is 1. The van der Waals surface area contributed by atoms with Crippen LogP contribution in [0.2, 0.25) is 0 Å². The molecule has 29 heavy (non-hydrogen) atoms. The molecule has 0 N–H and O–H groups in total. The zero-order chi connectivity index (χ0) is 20.5. The molecule has 0 spiro atoms. The van der Waals surface area contributed by atoms with E-state index in [4.69, 9.17) is 4.74 Å². The van der Waals surface area contributed by atoms with Crippen molar-refractivity contribution in [2.45, 2.75) is 33.1 Å². The molecule has 2 aliphatic rings. The van der Waals surface area contributed by atoms with Gasteiger partial charge in [-0.15, -0.1) is 0 Å². The number of Topliss-reactive ketones (excluding diaryl/α,β-unsaturated/α-hetero) is 2. The van der Waals surface area contributed by atoms with Crippen molar-refractivity contribution in [2.24, 2.45) is 23.7 Å². The van der Waals surface area contributed by atoms with Crippen molar-refractivity contribution in [1.82, 2.24) is 0 Å². The predicted octanol–water partition coefficient (Wildman–Crippen LogP) is 4.57. The minimum Gasteiger partial charge on any atom is -0.457 e. The van der Waals surface area contributed by atoms with Gasteiger partial charge in [-0.1, -0.05) is 42.5 Å². The van der Waals surface area contributed by atoms with Crippen LogP contribution in [0.1, 0.15) is 51.1 Å². The number of esters is 1. The number of carbonyl (C=O) groups is 3. The Morgan fingerprint density at radius 2 is 1.55 bits per heavy atom. The molecule has 2 aromatic carbocycles. The highest BCUT2D eigenvalue weighted by molar-refractivity contribution is 6.01. The molecular weight excluding hydrogens is 364 g/mol. The third-order valence-electron chi connectivity index (χ3n) is 6.72. The fourth-order valence-corrected chi connectivity index (χ4v) is 5.03. The number of rotatable bonds is 6. The summed E-state index contributed by atoms with van der Waals surface area (Å²) >= 11 is 0. The first kappa shape index (κ1) is 19.6. The van der Waals surface area contributed by atoms with Crippen molar-refractivity contribution in [2.75, 3.05) is 6.61 Å². The van der Waals surface area contributed by atoms with E-state index in [0.717, 1.165) is 30.4 Å². The molecule has 4 heteroatoms. The van der Waals surface area contributed by atoms with Gasteiger partial charge in [0.05, 0.1) is 5.92 Å². The molecule has 2 fully saturated rings. The molecule has 0 aromatic heterocycles. The van der Waals surface area contributed by atoms with Crippen LogP contribution in [0.5, 0.6) is 0 Å². The quantitative estimate of drug-likeness (QED) is 0.535. The summed E-state index contributed by atoms with van der Waals surface area (Å²) in [6.45, 7) is 3.66. The van der Waals surface area contributed by atoms with Crippen LogP contribution in [-0.2, 0) is 9.53 Å². The van der Waals surface area contributed by atoms with Crippen molar-refractivity contribution in [3.63, 3.8) is 0 Å². The van der Waals surface area contributed by atoms with Gasteiger partial charge in [-0.25, -0.2) is 0 Å². The third kappa shape index (κ3) is 3.76. The number of hydrogen-bond donors (Lipinski definition) is 0. The highest BCUT2D eigenvalue weighted by Gasteiger charge is 2.54. The van der Waals surface area contributed by atoms with Crippen LogP contribution in [-0.4, -0.2) is 24.1 Å². The van der Waals surface area contributed by atoms with Gasteiger partial charge in [-0.2, -0.15) is 0 Å². The van der Waals surface area contributed by atoms with E-state index >= 15 is 0 Å². The highest BCUT2D eigenvalue weighted by Crippen LogP contribution is 2.53. The summed E-state index contributed by atoms with van der Waals surface area (Å²) in [5.74, 6) is -0.934. The second kappa shape index (κ2) is 7.94. The van der Waals surface area contributed by atoms with E-state index in [9.17, 15) is 14.4 Å². The molecule has 4 nitrogen and oxygen atoms in total. The second-order valence-corrected chi connectivity index (χ2v) is 8.44. The Hall–Kier alpha value is -2.75. The van der Waals surface area contributed by atoms with Gasteiger partial charge < -0.3 is 4.74 Å². The first-order valence-corrected chi connectivity index (χ1v) is 10.3. The lowest BCUT2D eigenvalue weighted by Gasteiger charge is -2.28. The Kier molecular flexibility index (Phi) is 5.35. The molecule has 0 aliphatic heterocycles. The van der Waals surface area contributed by atoms with Crippen molar-refractivity contribution < 1.29 is 19.1 Å². The summed E-state index contributed by atoms with van der Waals surface area (Å²) < 4.78 is 5.44. The number of aryl methyl sites for hydroxylation is 2. The molecule has 0 amide bonds. The minimum absolute atomic E-state index is 0.0280. The van der Waals surface area contributed by atoms with E-state index in [1.807, 2.05) is 44.2 Å². The summed E-state index contributed by atoms with van der Waals surface area (Å²) in [4.78, 5) is 38.5. The molecule has 2 aliphatic carbocycles. The lowest BCUT2D eigenvalue weighted by Crippen LogP contribution is -2.36. The largest absolute Gasteiger partial charge is 0.457 e. The van der Waals surface area contributed by atoms with Crippen molar-refractivity contribution in [1.29, 1.82) is 0 Å². The summed E-state index contributed by atoms with van der Waals surface area (Å²) in [6.07, 6.45) is 2.83. The van der Waals surface area contributed by atoms with Gasteiger partial charge in [0.1, 0.15) is 0 Å². The van der Waals surface area contributed by atoms with E-state index in [-0.39, 0.29) is 35.9 Å². The molecule has 4 atom stereocenters. The SMILES string of the molecule is Cc1ccc(C(=O)COC(=O)C2C3CCC(C3)C2C(=O)c2ccccc2)cc1C. The van der Waals surface area contributed by atoms with Crippen molar-refractivity contribution >= 4 is 17.5 Å². The van der Waals surface area contributed by atoms with Crippen LogP contribution in [0, 0.1) is 37.5 Å². The lowest BCUT2D eigenvalue weighted by atomic mass is 9.75. The zero-order valence-electron chi connectivity index (χ0n) is 16.9. The normalized spacial score (nSPS) is 25.0. The molecule has 4 unspecified atom stereocenters. The first-order chi connectivity index (χ1) is 14.0. The number of fused-ring (bicyclic) bond motifs is 2. The van der Waals surface area contributed by atoms with Gasteiger partial charge >= 0.3 is 5.97 Å². The fraction of sp³-hybridized carbons (Fsp3) is 0.400. The predicted molar refractivity (Wildman–Crippen MR) is 110 cm³/mol. The fourth-order valence-electron chi connectivity index (χ4n) is 5.03. The van der Waals surface area contributed by atoms with Gasteiger partial charge in [0.2, 0.25) is 0 Å². The molecule has 4 rings (SSSR count). The van der Waals surface area contributed by atoms with E-state index in [1.165, 1.54) is 0 Å². The first-order valence-electron chi connectivity index (χ1n) is 10.3. The Labute approximate surface area is 171 Å². The monoisotopic (exact) mass is 390 g/mol. The summed E-state index contributed by atoms with van der Waals surface area (Å²) in [5.41, 5.74) is 3.34. The van der Waals surface area contributed by atoms with Gasteiger partial charge in [-0.3, -0.25) is 14.4 Å². The summed E-state index contributed by atoms with van der Waals surface area (Å²) in [6, 6.07) is 14.7. The molecule has 150 valence electrons. The topological polar surface area (TPSA) is 60.4 Å². The average molecular weight is 390 g/mol. The molecular formula is C25H26O4. The van der Waals surface area contributed by atoms with E-state index in [0.29, 0.717) is 11.1 Å². The van der Waals surface area contributed by atoms with Gasteiger partial charge in [0.25, 0.3) is 0 Å². The smallest absolute Gasteiger partial charge is 0.310 e. The van der Waals surface area contributed by atoms with Crippen LogP contribution in [0.4, 0.5) is 0 Å². The van der Waals surface area contributed by atoms with Crippen LogP contribution in [0.15, 0.2) is 48.5 Å². The Bertz CT molecular complexity index is 947. The molecule has 0 saturated heterocycles. The maximum Gasteiger partial charge on any atom is 0.310 e. The Morgan fingerprint density at radius 1 is 0.862 bits per heavy atom. The van der Waals surface area contributed by atoms with Gasteiger partial charge in [0, 0.05) is 17.0 Å². The Morgan fingerprint density at radius 3 is 2.24 bits per heavy atom. The van der Waals surface area contributed by atoms with Gasteiger partial charge in [-0.05, 0) is 62.1 Å².